The summed E-state index contributed by atoms with van der Waals surface area (Å²) in [5, 5.41) is 3.55. The molecule has 0 spiro atoms. The van der Waals surface area contributed by atoms with E-state index < -0.39 is 10.1 Å². The van der Waals surface area contributed by atoms with E-state index in [1.807, 2.05) is 0 Å². The highest BCUT2D eigenvalue weighted by atomic mass is 35.5. The Morgan fingerprint density at radius 1 is 1.33 bits per heavy atom. The van der Waals surface area contributed by atoms with Gasteiger partial charge in [-0.3, -0.25) is 8.98 Å². The Morgan fingerprint density at radius 2 is 2.00 bits per heavy atom. The zero-order chi connectivity index (χ0) is 16.0. The van der Waals surface area contributed by atoms with Crippen molar-refractivity contribution in [3.05, 3.63) is 33.8 Å². The molecule has 1 amide bonds. The standard InChI is InChI=1S/C13H17Cl2NO4S/c1-9(17)16-8-11(5-6-20-21(2,18)19)10-3-4-12(14)13(15)7-10/h3-4,7,11H,5-6,8H2,1-2H3,(H,16,17). The van der Waals surface area contributed by atoms with Gasteiger partial charge in [0.05, 0.1) is 22.9 Å². The molecule has 0 aliphatic rings. The fraction of sp³-hybridized carbons (Fsp3) is 0.462. The van der Waals surface area contributed by atoms with Crippen molar-refractivity contribution >= 4 is 39.2 Å². The lowest BCUT2D eigenvalue weighted by Gasteiger charge is -2.18. The molecule has 1 rings (SSSR count). The summed E-state index contributed by atoms with van der Waals surface area (Å²) in [7, 11) is -3.48. The predicted octanol–water partition coefficient (Wildman–Crippen LogP) is 2.58. The zero-order valence-corrected chi connectivity index (χ0v) is 14.1. The van der Waals surface area contributed by atoms with Crippen molar-refractivity contribution < 1.29 is 17.4 Å². The fourth-order valence-corrected chi connectivity index (χ4v) is 2.47. The smallest absolute Gasteiger partial charge is 0.264 e. The van der Waals surface area contributed by atoms with Gasteiger partial charge in [-0.25, -0.2) is 0 Å². The average Bonchev–Trinajstić information content (AvgIpc) is 2.35. The minimum Gasteiger partial charge on any atom is -0.356 e. The van der Waals surface area contributed by atoms with Gasteiger partial charge in [0.15, 0.2) is 0 Å². The number of carbonyl (C=O) groups is 1. The van der Waals surface area contributed by atoms with Crippen molar-refractivity contribution in [3.8, 4) is 0 Å². The van der Waals surface area contributed by atoms with Crippen LogP contribution in [0.25, 0.3) is 0 Å². The topological polar surface area (TPSA) is 72.5 Å². The minimum absolute atomic E-state index is 0.0311. The van der Waals surface area contributed by atoms with Crippen LogP contribution in [0.2, 0.25) is 10.0 Å². The lowest BCUT2D eigenvalue weighted by molar-refractivity contribution is -0.119. The zero-order valence-electron chi connectivity index (χ0n) is 11.7. The highest BCUT2D eigenvalue weighted by Gasteiger charge is 2.15. The normalized spacial score (nSPS) is 13.0. The number of hydrogen-bond donors (Lipinski definition) is 1. The number of amides is 1. The van der Waals surface area contributed by atoms with E-state index in [1.54, 1.807) is 18.2 Å². The first kappa shape index (κ1) is 18.2. The van der Waals surface area contributed by atoms with Crippen LogP contribution in [0, 0.1) is 0 Å². The second-order valence-electron chi connectivity index (χ2n) is 4.62. The van der Waals surface area contributed by atoms with E-state index in [1.165, 1.54) is 6.92 Å². The van der Waals surface area contributed by atoms with Gasteiger partial charge in [0, 0.05) is 19.4 Å². The van der Waals surface area contributed by atoms with Gasteiger partial charge in [0.2, 0.25) is 5.91 Å². The summed E-state index contributed by atoms with van der Waals surface area (Å²) in [6.07, 6.45) is 1.42. The van der Waals surface area contributed by atoms with Crippen molar-refractivity contribution in [2.75, 3.05) is 19.4 Å². The third-order valence-electron chi connectivity index (χ3n) is 2.78. The molecule has 5 nitrogen and oxygen atoms in total. The van der Waals surface area contributed by atoms with Crippen molar-refractivity contribution in [3.63, 3.8) is 0 Å². The summed E-state index contributed by atoms with van der Waals surface area (Å²) in [5.41, 5.74) is 0.857. The molecule has 21 heavy (non-hydrogen) atoms. The van der Waals surface area contributed by atoms with E-state index in [2.05, 4.69) is 5.32 Å². The van der Waals surface area contributed by atoms with E-state index in [-0.39, 0.29) is 18.4 Å². The molecule has 0 bridgehead atoms. The Balaban J connectivity index is 2.80. The predicted molar refractivity (Wildman–Crippen MR) is 83.3 cm³/mol. The average molecular weight is 354 g/mol. The maximum absolute atomic E-state index is 11.0. The molecule has 1 aromatic carbocycles. The van der Waals surface area contributed by atoms with E-state index in [0.29, 0.717) is 23.0 Å². The summed E-state index contributed by atoms with van der Waals surface area (Å²) in [6, 6.07) is 5.16. The van der Waals surface area contributed by atoms with Gasteiger partial charge in [0.1, 0.15) is 0 Å². The molecule has 0 saturated heterocycles. The highest BCUT2D eigenvalue weighted by Crippen LogP contribution is 2.28. The van der Waals surface area contributed by atoms with Crippen LogP contribution in [0.4, 0.5) is 0 Å². The van der Waals surface area contributed by atoms with Gasteiger partial charge in [-0.15, -0.1) is 0 Å². The van der Waals surface area contributed by atoms with Crippen LogP contribution in [0.5, 0.6) is 0 Å². The minimum atomic E-state index is -3.48. The first-order valence-corrected chi connectivity index (χ1v) is 8.80. The molecule has 0 fully saturated rings. The molecule has 1 atom stereocenters. The molecule has 0 radical (unpaired) electrons. The van der Waals surface area contributed by atoms with Crippen molar-refractivity contribution in [2.45, 2.75) is 19.3 Å². The van der Waals surface area contributed by atoms with E-state index >= 15 is 0 Å². The first-order valence-electron chi connectivity index (χ1n) is 6.23. The van der Waals surface area contributed by atoms with Crippen LogP contribution in [0.3, 0.4) is 0 Å². The number of halogens is 2. The van der Waals surface area contributed by atoms with E-state index in [4.69, 9.17) is 27.4 Å². The Labute approximate surface area is 134 Å². The third kappa shape index (κ3) is 7.13. The number of hydrogen-bond acceptors (Lipinski definition) is 4. The van der Waals surface area contributed by atoms with E-state index in [0.717, 1.165) is 11.8 Å². The monoisotopic (exact) mass is 353 g/mol. The van der Waals surface area contributed by atoms with Crippen LogP contribution in [-0.2, 0) is 19.1 Å². The summed E-state index contributed by atoms with van der Waals surface area (Å²) in [4.78, 5) is 11.0. The van der Waals surface area contributed by atoms with Crippen LogP contribution in [-0.4, -0.2) is 33.7 Å². The molecular formula is C13H17Cl2NO4S. The van der Waals surface area contributed by atoms with Crippen LogP contribution in [0.15, 0.2) is 18.2 Å². The lowest BCUT2D eigenvalue weighted by Crippen LogP contribution is -2.26. The molecule has 0 saturated carbocycles. The fourth-order valence-electron chi connectivity index (χ4n) is 1.76. The molecule has 8 heteroatoms. The molecule has 1 aromatic rings. The second kappa shape index (κ2) is 7.98. The number of nitrogens with one attached hydrogen (secondary N) is 1. The largest absolute Gasteiger partial charge is 0.356 e. The van der Waals surface area contributed by atoms with Crippen molar-refractivity contribution in [1.82, 2.24) is 5.32 Å². The summed E-state index contributed by atoms with van der Waals surface area (Å²) in [6.45, 7) is 1.81. The molecule has 0 aliphatic carbocycles. The lowest BCUT2D eigenvalue weighted by atomic mass is 9.96. The van der Waals surface area contributed by atoms with E-state index in [9.17, 15) is 13.2 Å². The SMILES string of the molecule is CC(=O)NCC(CCOS(C)(=O)=O)c1ccc(Cl)c(Cl)c1. The Morgan fingerprint density at radius 3 is 2.52 bits per heavy atom. The Bertz CT molecular complexity index is 604. The third-order valence-corrected chi connectivity index (χ3v) is 4.11. The highest BCUT2D eigenvalue weighted by molar-refractivity contribution is 7.85. The Hall–Kier alpha value is -0.820. The maximum atomic E-state index is 11.0. The number of benzene rings is 1. The van der Waals surface area contributed by atoms with Gasteiger partial charge in [0.25, 0.3) is 10.1 Å². The van der Waals surface area contributed by atoms with Gasteiger partial charge in [-0.2, -0.15) is 8.42 Å². The summed E-state index contributed by atoms with van der Waals surface area (Å²) >= 11 is 11.9. The molecule has 0 aliphatic heterocycles. The molecule has 0 aromatic heterocycles. The van der Waals surface area contributed by atoms with Crippen molar-refractivity contribution in [2.24, 2.45) is 0 Å². The van der Waals surface area contributed by atoms with Gasteiger partial charge in [-0.05, 0) is 24.1 Å². The maximum Gasteiger partial charge on any atom is 0.264 e. The Kier molecular flexibility index (Phi) is 6.93. The summed E-state index contributed by atoms with van der Waals surface area (Å²) in [5.74, 6) is -0.283. The van der Waals surface area contributed by atoms with Crippen LogP contribution >= 0.6 is 23.2 Å². The molecular weight excluding hydrogens is 337 g/mol. The number of carbonyl (C=O) groups excluding carboxylic acids is 1. The molecule has 1 unspecified atom stereocenters. The van der Waals surface area contributed by atoms with Crippen molar-refractivity contribution in [1.29, 1.82) is 0 Å². The quantitative estimate of drug-likeness (QED) is 0.764. The molecule has 0 heterocycles. The van der Waals surface area contributed by atoms with Crippen LogP contribution in [0.1, 0.15) is 24.8 Å². The first-order chi connectivity index (χ1) is 9.69. The van der Waals surface area contributed by atoms with Gasteiger partial charge in [-0.1, -0.05) is 29.3 Å². The van der Waals surface area contributed by atoms with Gasteiger partial charge >= 0.3 is 0 Å². The number of rotatable bonds is 7. The summed E-state index contributed by atoms with van der Waals surface area (Å²) < 4.78 is 26.7. The molecule has 1 N–H and O–H groups in total. The molecule has 118 valence electrons. The van der Waals surface area contributed by atoms with Gasteiger partial charge < -0.3 is 5.32 Å². The second-order valence-corrected chi connectivity index (χ2v) is 7.08. The van der Waals surface area contributed by atoms with Crippen LogP contribution < -0.4 is 5.32 Å².